The molecule has 4 heteroatoms. The van der Waals surface area contributed by atoms with Crippen LogP contribution in [-0.4, -0.2) is 13.2 Å². The van der Waals surface area contributed by atoms with Gasteiger partial charge in [0.15, 0.2) is 0 Å². The second-order valence-corrected chi connectivity index (χ2v) is 6.76. The summed E-state index contributed by atoms with van der Waals surface area (Å²) in [5.41, 5.74) is 2.35. The summed E-state index contributed by atoms with van der Waals surface area (Å²) in [6, 6.07) is 14.2. The molecule has 0 aliphatic heterocycles. The normalized spacial score (nSPS) is 12.3. The standard InChI is InChI=1S/C17H18Br2O2/c1-11(2)21-14-7-4-12(5-8-14)17(19)13-6-9-16(20-3)15(18)10-13/h4-11,17H,1-3H3. The topological polar surface area (TPSA) is 18.5 Å². The maximum Gasteiger partial charge on any atom is 0.133 e. The van der Waals surface area contributed by atoms with Crippen molar-refractivity contribution in [3.8, 4) is 11.5 Å². The first-order valence-corrected chi connectivity index (χ1v) is 8.46. The molecule has 0 fully saturated rings. The highest BCUT2D eigenvalue weighted by molar-refractivity contribution is 9.10. The number of hydrogen-bond donors (Lipinski definition) is 0. The Labute approximate surface area is 142 Å². The van der Waals surface area contributed by atoms with E-state index in [2.05, 4.69) is 56.1 Å². The SMILES string of the molecule is COc1ccc(C(Br)c2ccc(OC(C)C)cc2)cc1Br. The van der Waals surface area contributed by atoms with Crippen molar-refractivity contribution >= 4 is 31.9 Å². The monoisotopic (exact) mass is 412 g/mol. The maximum atomic E-state index is 5.66. The number of methoxy groups -OCH3 is 1. The lowest BCUT2D eigenvalue weighted by atomic mass is 10.0. The number of alkyl halides is 1. The van der Waals surface area contributed by atoms with Gasteiger partial charge < -0.3 is 9.47 Å². The number of halogens is 2. The van der Waals surface area contributed by atoms with Crippen LogP contribution in [0.3, 0.4) is 0 Å². The molecule has 0 aliphatic carbocycles. The van der Waals surface area contributed by atoms with Gasteiger partial charge in [-0.2, -0.15) is 0 Å². The molecule has 0 aromatic heterocycles. The van der Waals surface area contributed by atoms with Gasteiger partial charge in [-0.15, -0.1) is 0 Å². The molecule has 0 amide bonds. The summed E-state index contributed by atoms with van der Waals surface area (Å²) in [6.45, 7) is 4.05. The van der Waals surface area contributed by atoms with Crippen LogP contribution in [0.4, 0.5) is 0 Å². The molecule has 0 saturated carbocycles. The lowest BCUT2D eigenvalue weighted by Crippen LogP contribution is -2.05. The van der Waals surface area contributed by atoms with E-state index >= 15 is 0 Å². The summed E-state index contributed by atoms with van der Waals surface area (Å²) in [6.07, 6.45) is 0.188. The molecular formula is C17H18Br2O2. The largest absolute Gasteiger partial charge is 0.496 e. The third-order valence-corrected chi connectivity index (χ3v) is 4.69. The molecule has 2 aromatic carbocycles. The van der Waals surface area contributed by atoms with Crippen molar-refractivity contribution in [2.75, 3.05) is 7.11 Å². The minimum Gasteiger partial charge on any atom is -0.496 e. The second-order valence-electron chi connectivity index (χ2n) is 4.99. The van der Waals surface area contributed by atoms with Crippen molar-refractivity contribution in [2.24, 2.45) is 0 Å². The molecule has 0 heterocycles. The maximum absolute atomic E-state index is 5.66. The smallest absolute Gasteiger partial charge is 0.133 e. The molecule has 2 rings (SSSR count). The predicted octanol–water partition coefficient (Wildman–Crippen LogP) is 5.73. The van der Waals surface area contributed by atoms with E-state index in [0.29, 0.717) is 0 Å². The van der Waals surface area contributed by atoms with E-state index in [4.69, 9.17) is 9.47 Å². The third-order valence-electron chi connectivity index (χ3n) is 3.01. The van der Waals surface area contributed by atoms with Gasteiger partial charge >= 0.3 is 0 Å². The van der Waals surface area contributed by atoms with Gasteiger partial charge in [0, 0.05) is 0 Å². The third kappa shape index (κ3) is 4.24. The number of hydrogen-bond acceptors (Lipinski definition) is 2. The molecule has 0 N–H and O–H groups in total. The zero-order valence-corrected chi connectivity index (χ0v) is 15.4. The van der Waals surface area contributed by atoms with E-state index in [1.165, 1.54) is 11.1 Å². The summed E-state index contributed by atoms with van der Waals surface area (Å²) in [5.74, 6) is 1.73. The Kier molecular flexibility index (Phi) is 5.71. The highest BCUT2D eigenvalue weighted by Crippen LogP contribution is 2.35. The fourth-order valence-corrected chi connectivity index (χ4v) is 3.17. The van der Waals surface area contributed by atoms with Gasteiger partial charge in [0.2, 0.25) is 0 Å². The molecule has 0 radical (unpaired) electrons. The summed E-state index contributed by atoms with van der Waals surface area (Å²) in [7, 11) is 1.67. The number of benzene rings is 2. The van der Waals surface area contributed by atoms with Gasteiger partial charge in [-0.25, -0.2) is 0 Å². The summed E-state index contributed by atoms with van der Waals surface area (Å²) in [4.78, 5) is 0.132. The van der Waals surface area contributed by atoms with Gasteiger partial charge in [-0.3, -0.25) is 0 Å². The van der Waals surface area contributed by atoms with E-state index < -0.39 is 0 Å². The minimum atomic E-state index is 0.132. The van der Waals surface area contributed by atoms with Crippen LogP contribution in [0.15, 0.2) is 46.9 Å². The number of rotatable bonds is 5. The fourth-order valence-electron chi connectivity index (χ4n) is 2.02. The van der Waals surface area contributed by atoms with E-state index in [0.717, 1.165) is 16.0 Å². The average Bonchev–Trinajstić information content (AvgIpc) is 2.46. The lowest BCUT2D eigenvalue weighted by molar-refractivity contribution is 0.242. The van der Waals surface area contributed by atoms with E-state index in [9.17, 15) is 0 Å². The molecule has 2 nitrogen and oxygen atoms in total. The predicted molar refractivity (Wildman–Crippen MR) is 93.7 cm³/mol. The molecule has 0 saturated heterocycles. The van der Waals surface area contributed by atoms with Crippen LogP contribution in [0, 0.1) is 0 Å². The molecule has 1 unspecified atom stereocenters. The van der Waals surface area contributed by atoms with Crippen LogP contribution in [0.5, 0.6) is 11.5 Å². The van der Waals surface area contributed by atoms with Gasteiger partial charge in [0.25, 0.3) is 0 Å². The quantitative estimate of drug-likeness (QED) is 0.582. The summed E-state index contributed by atoms with van der Waals surface area (Å²) >= 11 is 7.27. The van der Waals surface area contributed by atoms with Crippen molar-refractivity contribution in [1.29, 1.82) is 0 Å². The van der Waals surface area contributed by atoms with Gasteiger partial charge in [0.1, 0.15) is 11.5 Å². The highest BCUT2D eigenvalue weighted by Gasteiger charge is 2.12. The van der Waals surface area contributed by atoms with Gasteiger partial charge in [-0.05, 0) is 65.2 Å². The molecule has 21 heavy (non-hydrogen) atoms. The van der Waals surface area contributed by atoms with E-state index in [1.54, 1.807) is 7.11 Å². The van der Waals surface area contributed by atoms with Crippen LogP contribution in [0.1, 0.15) is 29.8 Å². The first kappa shape index (κ1) is 16.4. The Hall–Kier alpha value is -1.00. The van der Waals surface area contributed by atoms with Crippen LogP contribution in [0.25, 0.3) is 0 Å². The minimum absolute atomic E-state index is 0.132. The highest BCUT2D eigenvalue weighted by atomic mass is 79.9. The van der Waals surface area contributed by atoms with E-state index in [-0.39, 0.29) is 10.9 Å². The Morgan fingerprint density at radius 3 is 2.10 bits per heavy atom. The molecule has 0 spiro atoms. The summed E-state index contributed by atoms with van der Waals surface area (Å²) < 4.78 is 11.9. The Balaban J connectivity index is 2.19. The molecule has 0 bridgehead atoms. The Bertz CT molecular complexity index is 594. The van der Waals surface area contributed by atoms with Crippen molar-refractivity contribution in [3.63, 3.8) is 0 Å². The second kappa shape index (κ2) is 7.32. The number of ether oxygens (including phenoxy) is 2. The van der Waals surface area contributed by atoms with Crippen molar-refractivity contribution < 1.29 is 9.47 Å². The van der Waals surface area contributed by atoms with E-state index in [1.807, 2.05) is 32.0 Å². The molecular weight excluding hydrogens is 396 g/mol. The van der Waals surface area contributed by atoms with Crippen LogP contribution in [0.2, 0.25) is 0 Å². The first-order valence-electron chi connectivity index (χ1n) is 6.75. The fraction of sp³-hybridized carbons (Fsp3) is 0.294. The lowest BCUT2D eigenvalue weighted by Gasteiger charge is -2.14. The van der Waals surface area contributed by atoms with Crippen LogP contribution >= 0.6 is 31.9 Å². The Morgan fingerprint density at radius 1 is 0.952 bits per heavy atom. The molecule has 112 valence electrons. The van der Waals surface area contributed by atoms with Crippen molar-refractivity contribution in [3.05, 3.63) is 58.1 Å². The van der Waals surface area contributed by atoms with Crippen molar-refractivity contribution in [2.45, 2.75) is 24.8 Å². The molecule has 2 aromatic rings. The molecule has 0 aliphatic rings. The van der Waals surface area contributed by atoms with Crippen molar-refractivity contribution in [1.82, 2.24) is 0 Å². The molecule has 1 atom stereocenters. The first-order chi connectivity index (χ1) is 10.0. The van der Waals surface area contributed by atoms with Crippen LogP contribution < -0.4 is 9.47 Å². The van der Waals surface area contributed by atoms with Gasteiger partial charge in [0.05, 0.1) is 22.5 Å². The average molecular weight is 414 g/mol. The zero-order chi connectivity index (χ0) is 15.4. The van der Waals surface area contributed by atoms with Crippen LogP contribution in [-0.2, 0) is 0 Å². The zero-order valence-electron chi connectivity index (χ0n) is 12.3. The Morgan fingerprint density at radius 2 is 1.57 bits per heavy atom. The summed E-state index contributed by atoms with van der Waals surface area (Å²) in [5, 5.41) is 0. The van der Waals surface area contributed by atoms with Gasteiger partial charge in [-0.1, -0.05) is 34.1 Å².